The Kier molecular flexibility index (Phi) is 8.47. The Labute approximate surface area is 178 Å². The van der Waals surface area contributed by atoms with Crippen molar-refractivity contribution in [2.75, 3.05) is 26.3 Å². The number of ether oxygens (including phenoxy) is 3. The molecule has 2 rings (SSSR count). The SMILES string of the molecule is CCCOc1c(I)cc(/C=N\Nc2nc(C)cc(COC)c2C#N)cc1OC. The predicted molar refractivity (Wildman–Crippen MR) is 117 cm³/mol. The molecule has 148 valence electrons. The van der Waals surface area contributed by atoms with E-state index in [2.05, 4.69) is 51.1 Å². The third kappa shape index (κ3) is 5.56. The standard InChI is InChI=1S/C20H23IN4O3/c1-5-6-28-19-17(21)8-14(9-18(19)27-4)11-23-25-20-16(10-22)15(12-26-3)7-13(2)24-20/h7-9,11H,5-6,12H2,1-4H3,(H,24,25)/b23-11-. The summed E-state index contributed by atoms with van der Waals surface area (Å²) >= 11 is 2.21. The Morgan fingerprint density at radius 3 is 2.75 bits per heavy atom. The van der Waals surface area contributed by atoms with Crippen molar-refractivity contribution >= 4 is 34.6 Å². The average Bonchev–Trinajstić information content (AvgIpc) is 2.67. The first kappa shape index (κ1) is 21.9. The van der Waals surface area contributed by atoms with Crippen molar-refractivity contribution in [3.05, 3.63) is 44.2 Å². The molecule has 0 radical (unpaired) electrons. The second kappa shape index (κ2) is 10.8. The monoisotopic (exact) mass is 494 g/mol. The molecule has 1 aromatic heterocycles. The first-order valence-electron chi connectivity index (χ1n) is 8.73. The zero-order valence-corrected chi connectivity index (χ0v) is 18.5. The van der Waals surface area contributed by atoms with Crippen LogP contribution in [-0.2, 0) is 11.3 Å². The molecule has 0 aliphatic heterocycles. The molecule has 1 aromatic carbocycles. The second-order valence-electron chi connectivity index (χ2n) is 5.94. The fourth-order valence-corrected chi connectivity index (χ4v) is 3.32. The summed E-state index contributed by atoms with van der Waals surface area (Å²) in [6.07, 6.45) is 2.57. The third-order valence-corrected chi connectivity index (χ3v) is 4.53. The number of aryl methyl sites for hydroxylation is 1. The summed E-state index contributed by atoms with van der Waals surface area (Å²) in [5, 5.41) is 13.7. The lowest BCUT2D eigenvalue weighted by Crippen LogP contribution is -2.04. The molecule has 0 saturated heterocycles. The summed E-state index contributed by atoms with van der Waals surface area (Å²) < 4.78 is 17.3. The predicted octanol–water partition coefficient (Wildman–Crippen LogP) is 4.26. The van der Waals surface area contributed by atoms with Crippen LogP contribution in [0.4, 0.5) is 5.82 Å². The zero-order chi connectivity index (χ0) is 20.5. The van der Waals surface area contributed by atoms with Crippen LogP contribution in [-0.4, -0.2) is 32.0 Å². The summed E-state index contributed by atoms with van der Waals surface area (Å²) in [6, 6.07) is 7.79. The van der Waals surface area contributed by atoms with E-state index in [-0.39, 0.29) is 0 Å². The van der Waals surface area contributed by atoms with Gasteiger partial charge in [-0.1, -0.05) is 6.92 Å². The number of rotatable bonds is 9. The average molecular weight is 494 g/mol. The van der Waals surface area contributed by atoms with Gasteiger partial charge in [0.05, 0.1) is 30.1 Å². The van der Waals surface area contributed by atoms with Crippen LogP contribution >= 0.6 is 22.6 Å². The molecule has 28 heavy (non-hydrogen) atoms. The summed E-state index contributed by atoms with van der Waals surface area (Å²) in [5.41, 5.74) is 5.66. The van der Waals surface area contributed by atoms with Gasteiger partial charge in [0.2, 0.25) is 0 Å². The smallest absolute Gasteiger partial charge is 0.174 e. The van der Waals surface area contributed by atoms with Crippen LogP contribution in [0.25, 0.3) is 0 Å². The topological polar surface area (TPSA) is 88.8 Å². The Hall–Kier alpha value is -2.38. The highest BCUT2D eigenvalue weighted by molar-refractivity contribution is 14.1. The van der Waals surface area contributed by atoms with Gasteiger partial charge < -0.3 is 14.2 Å². The molecular formula is C20H23IN4O3. The van der Waals surface area contributed by atoms with Crippen LogP contribution in [0.15, 0.2) is 23.3 Å². The van der Waals surface area contributed by atoms with Crippen molar-refractivity contribution in [3.8, 4) is 17.6 Å². The van der Waals surface area contributed by atoms with Gasteiger partial charge in [-0.05, 0) is 59.7 Å². The normalized spacial score (nSPS) is 10.7. The maximum absolute atomic E-state index is 9.47. The fourth-order valence-electron chi connectivity index (χ4n) is 2.54. The molecule has 1 N–H and O–H groups in total. The van der Waals surface area contributed by atoms with Crippen LogP contribution in [0.3, 0.4) is 0 Å². The van der Waals surface area contributed by atoms with Gasteiger partial charge in [-0.15, -0.1) is 0 Å². The molecular weight excluding hydrogens is 471 g/mol. The third-order valence-electron chi connectivity index (χ3n) is 3.73. The molecule has 0 fully saturated rings. The molecule has 0 saturated carbocycles. The largest absolute Gasteiger partial charge is 0.493 e. The van der Waals surface area contributed by atoms with E-state index in [4.69, 9.17) is 14.2 Å². The number of hydrogen-bond donors (Lipinski definition) is 1. The molecule has 0 aliphatic carbocycles. The summed E-state index contributed by atoms with van der Waals surface area (Å²) in [7, 11) is 3.20. The minimum absolute atomic E-state index is 0.333. The van der Waals surface area contributed by atoms with E-state index in [1.165, 1.54) is 0 Å². The maximum atomic E-state index is 9.47. The maximum Gasteiger partial charge on any atom is 0.174 e. The molecule has 2 aromatic rings. The molecule has 0 atom stereocenters. The minimum atomic E-state index is 0.333. The van der Waals surface area contributed by atoms with E-state index in [1.807, 2.05) is 25.1 Å². The van der Waals surface area contributed by atoms with Gasteiger partial charge in [0.1, 0.15) is 11.6 Å². The molecule has 1 heterocycles. The van der Waals surface area contributed by atoms with Crippen LogP contribution in [0.1, 0.15) is 35.7 Å². The van der Waals surface area contributed by atoms with Crippen molar-refractivity contribution in [1.82, 2.24) is 4.98 Å². The van der Waals surface area contributed by atoms with E-state index >= 15 is 0 Å². The number of methoxy groups -OCH3 is 2. The van der Waals surface area contributed by atoms with Gasteiger partial charge in [-0.25, -0.2) is 4.98 Å². The highest BCUT2D eigenvalue weighted by atomic mass is 127. The van der Waals surface area contributed by atoms with Crippen molar-refractivity contribution in [1.29, 1.82) is 5.26 Å². The summed E-state index contributed by atoms with van der Waals surface area (Å²) in [4.78, 5) is 4.37. The van der Waals surface area contributed by atoms with E-state index in [0.29, 0.717) is 30.3 Å². The number of aromatic nitrogens is 1. The first-order valence-corrected chi connectivity index (χ1v) is 9.80. The van der Waals surface area contributed by atoms with Crippen LogP contribution in [0, 0.1) is 21.8 Å². The van der Waals surface area contributed by atoms with E-state index < -0.39 is 0 Å². The Bertz CT molecular complexity index is 894. The summed E-state index contributed by atoms with van der Waals surface area (Å²) in [5.74, 6) is 1.78. The number of hydrogen-bond acceptors (Lipinski definition) is 7. The van der Waals surface area contributed by atoms with Gasteiger partial charge in [0.15, 0.2) is 17.3 Å². The van der Waals surface area contributed by atoms with Crippen molar-refractivity contribution in [2.24, 2.45) is 5.10 Å². The minimum Gasteiger partial charge on any atom is -0.493 e. The Morgan fingerprint density at radius 2 is 2.11 bits per heavy atom. The first-order chi connectivity index (χ1) is 13.5. The van der Waals surface area contributed by atoms with E-state index in [9.17, 15) is 5.26 Å². The molecule has 7 nitrogen and oxygen atoms in total. The van der Waals surface area contributed by atoms with Gasteiger partial charge in [-0.2, -0.15) is 10.4 Å². The van der Waals surface area contributed by atoms with Crippen molar-refractivity contribution in [2.45, 2.75) is 26.9 Å². The van der Waals surface area contributed by atoms with Crippen LogP contribution in [0.5, 0.6) is 11.5 Å². The number of nitrogens with zero attached hydrogens (tertiary/aromatic N) is 3. The van der Waals surface area contributed by atoms with Gasteiger partial charge in [-0.3, -0.25) is 5.43 Å². The van der Waals surface area contributed by atoms with E-state index in [0.717, 1.165) is 32.6 Å². The van der Waals surface area contributed by atoms with Crippen molar-refractivity contribution in [3.63, 3.8) is 0 Å². The lowest BCUT2D eigenvalue weighted by molar-refractivity contribution is 0.184. The van der Waals surface area contributed by atoms with Gasteiger partial charge >= 0.3 is 0 Å². The molecule has 8 heteroatoms. The van der Waals surface area contributed by atoms with Gasteiger partial charge in [0, 0.05) is 18.4 Å². The van der Waals surface area contributed by atoms with E-state index in [1.54, 1.807) is 20.4 Å². The number of nitrogens with one attached hydrogen (secondary N) is 1. The number of benzene rings is 1. The Balaban J connectivity index is 2.26. The highest BCUT2D eigenvalue weighted by Gasteiger charge is 2.12. The molecule has 0 spiro atoms. The zero-order valence-electron chi connectivity index (χ0n) is 16.4. The summed E-state index contributed by atoms with van der Waals surface area (Å²) in [6.45, 7) is 4.87. The number of anilines is 1. The second-order valence-corrected chi connectivity index (χ2v) is 7.11. The molecule has 0 aliphatic rings. The molecule has 0 bridgehead atoms. The molecule has 0 amide bonds. The number of pyridine rings is 1. The van der Waals surface area contributed by atoms with Gasteiger partial charge in [0.25, 0.3) is 0 Å². The van der Waals surface area contributed by atoms with Crippen LogP contribution in [0.2, 0.25) is 0 Å². The van der Waals surface area contributed by atoms with Crippen molar-refractivity contribution < 1.29 is 14.2 Å². The molecule has 0 unspecified atom stereocenters. The Morgan fingerprint density at radius 1 is 1.32 bits per heavy atom. The lowest BCUT2D eigenvalue weighted by atomic mass is 10.1. The number of hydrazone groups is 1. The highest BCUT2D eigenvalue weighted by Crippen LogP contribution is 2.33. The number of nitriles is 1. The quantitative estimate of drug-likeness (QED) is 0.319. The fraction of sp³-hybridized carbons (Fsp3) is 0.350. The van der Waals surface area contributed by atoms with Crippen LogP contribution < -0.4 is 14.9 Å². The lowest BCUT2D eigenvalue weighted by Gasteiger charge is -2.13. The number of halogens is 1.